The Labute approximate surface area is 122 Å². The van der Waals surface area contributed by atoms with Crippen molar-refractivity contribution in [2.75, 3.05) is 5.43 Å². The first-order valence-corrected chi connectivity index (χ1v) is 7.13. The smallest absolute Gasteiger partial charge is 0.254 e. The number of aromatic nitrogens is 1. The van der Waals surface area contributed by atoms with E-state index in [1.54, 1.807) is 23.6 Å². The molecule has 0 aliphatic carbocycles. The van der Waals surface area contributed by atoms with Crippen LogP contribution in [0.3, 0.4) is 0 Å². The maximum Gasteiger partial charge on any atom is 0.254 e. The molecular weight excluding hydrogens is 272 g/mol. The van der Waals surface area contributed by atoms with E-state index in [1.165, 1.54) is 16.0 Å². The Bertz CT molecular complexity index is 623. The van der Waals surface area contributed by atoms with E-state index in [4.69, 9.17) is 5.84 Å². The van der Waals surface area contributed by atoms with Crippen LogP contribution in [-0.4, -0.2) is 10.9 Å². The Kier molecular flexibility index (Phi) is 4.36. The lowest BCUT2D eigenvalue weighted by molar-refractivity contribution is 0.0940. The molecule has 0 aliphatic heterocycles. The highest BCUT2D eigenvalue weighted by atomic mass is 32.1. The van der Waals surface area contributed by atoms with Crippen LogP contribution >= 0.6 is 11.3 Å². The molecule has 0 fully saturated rings. The summed E-state index contributed by atoms with van der Waals surface area (Å²) in [4.78, 5) is 18.7. The first kappa shape index (κ1) is 14.5. The minimum absolute atomic E-state index is 0.0498. The molecule has 6 heteroatoms. The van der Waals surface area contributed by atoms with Gasteiger partial charge in [-0.15, -0.1) is 11.3 Å². The van der Waals surface area contributed by atoms with Gasteiger partial charge in [-0.25, -0.2) is 0 Å². The summed E-state index contributed by atoms with van der Waals surface area (Å²) in [6.45, 7) is 6.10. The molecule has 0 aromatic carbocycles. The SMILES string of the molecule is Cc1cc(C(C)NC(=O)c2ccncc2NN)c(C)s1. The van der Waals surface area contributed by atoms with E-state index in [9.17, 15) is 4.79 Å². The zero-order valence-electron chi connectivity index (χ0n) is 11.7. The number of carbonyl (C=O) groups excluding carboxylic acids is 1. The maximum atomic E-state index is 12.3. The molecule has 1 atom stereocenters. The highest BCUT2D eigenvalue weighted by molar-refractivity contribution is 7.12. The normalized spacial score (nSPS) is 12.0. The van der Waals surface area contributed by atoms with Crippen molar-refractivity contribution < 1.29 is 4.79 Å². The highest BCUT2D eigenvalue weighted by Crippen LogP contribution is 2.26. The van der Waals surface area contributed by atoms with Crippen molar-refractivity contribution in [1.29, 1.82) is 0 Å². The van der Waals surface area contributed by atoms with Gasteiger partial charge in [-0.05, 0) is 38.5 Å². The Morgan fingerprint density at radius 2 is 2.20 bits per heavy atom. The van der Waals surface area contributed by atoms with Gasteiger partial charge in [0.15, 0.2) is 0 Å². The van der Waals surface area contributed by atoms with E-state index < -0.39 is 0 Å². The van der Waals surface area contributed by atoms with Crippen molar-refractivity contribution in [3.05, 3.63) is 45.4 Å². The van der Waals surface area contributed by atoms with Crippen molar-refractivity contribution in [2.24, 2.45) is 5.84 Å². The number of nitrogens with zero attached hydrogens (tertiary/aromatic N) is 1. The van der Waals surface area contributed by atoms with Gasteiger partial charge in [0.25, 0.3) is 5.91 Å². The minimum Gasteiger partial charge on any atom is -0.345 e. The maximum absolute atomic E-state index is 12.3. The molecule has 20 heavy (non-hydrogen) atoms. The van der Waals surface area contributed by atoms with E-state index >= 15 is 0 Å². The van der Waals surface area contributed by atoms with Crippen LogP contribution in [0.25, 0.3) is 0 Å². The first-order chi connectivity index (χ1) is 9.52. The number of hydrogen-bond acceptors (Lipinski definition) is 5. The summed E-state index contributed by atoms with van der Waals surface area (Å²) in [5.74, 6) is 5.22. The predicted octanol–water partition coefficient (Wildman–Crippen LogP) is 2.54. The second-order valence-corrected chi connectivity index (χ2v) is 6.09. The molecule has 2 aromatic rings. The number of amides is 1. The molecule has 0 radical (unpaired) electrons. The Hall–Kier alpha value is -1.92. The zero-order chi connectivity index (χ0) is 14.7. The second kappa shape index (κ2) is 6.02. The van der Waals surface area contributed by atoms with Gasteiger partial charge in [0, 0.05) is 16.0 Å². The van der Waals surface area contributed by atoms with Crippen LogP contribution in [0.15, 0.2) is 24.5 Å². The number of nitrogen functional groups attached to an aromatic ring is 1. The molecule has 1 unspecified atom stereocenters. The average molecular weight is 290 g/mol. The summed E-state index contributed by atoms with van der Waals surface area (Å²) in [5.41, 5.74) is 4.63. The van der Waals surface area contributed by atoms with Crippen LogP contribution in [-0.2, 0) is 0 Å². The fourth-order valence-electron chi connectivity index (χ4n) is 2.14. The predicted molar refractivity (Wildman–Crippen MR) is 81.7 cm³/mol. The van der Waals surface area contributed by atoms with Crippen LogP contribution < -0.4 is 16.6 Å². The summed E-state index contributed by atoms with van der Waals surface area (Å²) in [5, 5.41) is 2.99. The molecule has 0 aliphatic rings. The van der Waals surface area contributed by atoms with Crippen molar-refractivity contribution in [3.8, 4) is 0 Å². The summed E-state index contributed by atoms with van der Waals surface area (Å²) in [6, 6.07) is 3.70. The molecule has 106 valence electrons. The third kappa shape index (κ3) is 2.97. The number of carbonyl (C=O) groups is 1. The fourth-order valence-corrected chi connectivity index (χ4v) is 3.16. The number of pyridine rings is 1. The van der Waals surface area contributed by atoms with Gasteiger partial charge in [-0.2, -0.15) is 0 Å². The number of thiophene rings is 1. The molecule has 0 bridgehead atoms. The second-order valence-electron chi connectivity index (χ2n) is 4.63. The van der Waals surface area contributed by atoms with E-state index in [1.807, 2.05) is 6.92 Å². The van der Waals surface area contributed by atoms with Crippen LogP contribution in [0, 0.1) is 13.8 Å². The van der Waals surface area contributed by atoms with Gasteiger partial charge >= 0.3 is 0 Å². The molecular formula is C14H18N4OS. The molecule has 5 nitrogen and oxygen atoms in total. The van der Waals surface area contributed by atoms with E-state index in [0.29, 0.717) is 11.3 Å². The number of nitrogens with two attached hydrogens (primary N) is 1. The zero-order valence-corrected chi connectivity index (χ0v) is 12.5. The number of rotatable bonds is 4. The Balaban J connectivity index is 2.17. The van der Waals surface area contributed by atoms with Crippen molar-refractivity contribution in [1.82, 2.24) is 10.3 Å². The van der Waals surface area contributed by atoms with E-state index in [0.717, 1.165) is 5.56 Å². The van der Waals surface area contributed by atoms with Crippen LogP contribution in [0.1, 0.15) is 38.6 Å². The number of aryl methyl sites for hydroxylation is 2. The quantitative estimate of drug-likeness (QED) is 0.597. The Morgan fingerprint density at radius 3 is 2.80 bits per heavy atom. The molecule has 0 saturated heterocycles. The third-order valence-corrected chi connectivity index (χ3v) is 4.10. The highest BCUT2D eigenvalue weighted by Gasteiger charge is 2.16. The van der Waals surface area contributed by atoms with E-state index in [-0.39, 0.29) is 11.9 Å². The Morgan fingerprint density at radius 1 is 1.45 bits per heavy atom. The largest absolute Gasteiger partial charge is 0.345 e. The van der Waals surface area contributed by atoms with E-state index in [2.05, 4.69) is 35.6 Å². The van der Waals surface area contributed by atoms with Gasteiger partial charge in [0.2, 0.25) is 0 Å². The molecule has 0 spiro atoms. The number of nitrogens with one attached hydrogen (secondary N) is 2. The number of anilines is 1. The summed E-state index contributed by atoms with van der Waals surface area (Å²) < 4.78 is 0. The molecule has 2 heterocycles. The van der Waals surface area contributed by atoms with Gasteiger partial charge in [0.1, 0.15) is 0 Å². The van der Waals surface area contributed by atoms with Crippen LogP contribution in [0.2, 0.25) is 0 Å². The standard InChI is InChI=1S/C14H18N4OS/c1-8-6-12(10(3)20-8)9(2)17-14(19)11-4-5-16-7-13(11)18-15/h4-7,9,18H,15H2,1-3H3,(H,17,19). The van der Waals surface area contributed by atoms with Crippen LogP contribution in [0.4, 0.5) is 5.69 Å². The summed E-state index contributed by atoms with van der Waals surface area (Å²) >= 11 is 1.73. The lowest BCUT2D eigenvalue weighted by Crippen LogP contribution is -2.28. The third-order valence-electron chi connectivity index (χ3n) is 3.11. The average Bonchev–Trinajstić information content (AvgIpc) is 2.77. The van der Waals surface area contributed by atoms with Gasteiger partial charge in [0.05, 0.1) is 23.5 Å². The van der Waals surface area contributed by atoms with Crippen LogP contribution in [0.5, 0.6) is 0 Å². The summed E-state index contributed by atoms with van der Waals surface area (Å²) in [6.07, 6.45) is 3.10. The molecule has 2 aromatic heterocycles. The molecule has 4 N–H and O–H groups in total. The van der Waals surface area contributed by atoms with Crippen molar-refractivity contribution in [3.63, 3.8) is 0 Å². The summed E-state index contributed by atoms with van der Waals surface area (Å²) in [7, 11) is 0. The van der Waals surface area contributed by atoms with Crippen molar-refractivity contribution in [2.45, 2.75) is 26.8 Å². The minimum atomic E-state index is -0.170. The molecule has 2 rings (SSSR count). The number of hydrogen-bond donors (Lipinski definition) is 3. The first-order valence-electron chi connectivity index (χ1n) is 6.31. The fraction of sp³-hybridized carbons (Fsp3) is 0.286. The lowest BCUT2D eigenvalue weighted by atomic mass is 10.1. The monoisotopic (exact) mass is 290 g/mol. The topological polar surface area (TPSA) is 80.0 Å². The van der Waals surface area contributed by atoms with Gasteiger partial charge < -0.3 is 10.7 Å². The van der Waals surface area contributed by atoms with Crippen molar-refractivity contribution >= 4 is 22.9 Å². The van der Waals surface area contributed by atoms with Gasteiger partial charge in [-0.1, -0.05) is 0 Å². The molecule has 0 saturated carbocycles. The van der Waals surface area contributed by atoms with Gasteiger partial charge in [-0.3, -0.25) is 15.6 Å². The lowest BCUT2D eigenvalue weighted by Gasteiger charge is -2.15. The number of hydrazine groups is 1. The molecule has 1 amide bonds.